The Morgan fingerprint density at radius 1 is 1.13 bits per heavy atom. The first kappa shape index (κ1) is 17.1. The zero-order valence-corrected chi connectivity index (χ0v) is 13.9. The molecule has 0 amide bonds. The van der Waals surface area contributed by atoms with Gasteiger partial charge < -0.3 is 14.5 Å². The highest BCUT2D eigenvalue weighted by Crippen LogP contribution is 2.23. The van der Waals surface area contributed by atoms with Gasteiger partial charge in [-0.1, -0.05) is 12.1 Å². The lowest BCUT2D eigenvalue weighted by atomic mass is 10.2. The molecule has 0 saturated carbocycles. The Balaban J connectivity index is 0.00000192. The fourth-order valence-electron chi connectivity index (χ4n) is 2.31. The summed E-state index contributed by atoms with van der Waals surface area (Å²) in [5, 5.41) is 10.5. The van der Waals surface area contributed by atoms with E-state index in [1.807, 2.05) is 37.4 Å². The van der Waals surface area contributed by atoms with Crippen LogP contribution < -0.4 is 10.1 Å². The molecule has 0 radical (unpaired) electrons. The van der Waals surface area contributed by atoms with Gasteiger partial charge in [0.2, 0.25) is 0 Å². The van der Waals surface area contributed by atoms with Crippen molar-refractivity contribution in [3.05, 3.63) is 59.5 Å². The zero-order valence-electron chi connectivity index (χ0n) is 13.1. The molecule has 6 heteroatoms. The van der Waals surface area contributed by atoms with E-state index in [1.165, 1.54) is 5.56 Å². The zero-order chi connectivity index (χ0) is 15.4. The van der Waals surface area contributed by atoms with Gasteiger partial charge in [0.25, 0.3) is 0 Å². The maximum absolute atomic E-state index is 5.65. The lowest BCUT2D eigenvalue weighted by Crippen LogP contribution is -2.12. The van der Waals surface area contributed by atoms with Crippen LogP contribution in [0.15, 0.2) is 47.0 Å². The Labute approximate surface area is 141 Å². The maximum atomic E-state index is 5.65. The van der Waals surface area contributed by atoms with E-state index < -0.39 is 0 Å². The van der Waals surface area contributed by atoms with E-state index in [0.29, 0.717) is 0 Å². The number of nitrogens with zero attached hydrogens (tertiary/aromatic N) is 1. The van der Waals surface area contributed by atoms with Gasteiger partial charge in [0.15, 0.2) is 5.76 Å². The summed E-state index contributed by atoms with van der Waals surface area (Å²) in [6.45, 7) is 3.44. The van der Waals surface area contributed by atoms with Crippen molar-refractivity contribution in [1.29, 1.82) is 0 Å². The van der Waals surface area contributed by atoms with E-state index in [4.69, 9.17) is 9.15 Å². The third-order valence-corrected chi connectivity index (χ3v) is 3.51. The van der Waals surface area contributed by atoms with E-state index in [-0.39, 0.29) is 12.4 Å². The molecule has 2 N–H and O–H groups in total. The van der Waals surface area contributed by atoms with Crippen molar-refractivity contribution in [2.24, 2.45) is 0 Å². The molecule has 0 aliphatic heterocycles. The highest BCUT2D eigenvalue weighted by Gasteiger charge is 2.10. The maximum Gasteiger partial charge on any atom is 0.152 e. The summed E-state index contributed by atoms with van der Waals surface area (Å²) in [6.07, 6.45) is 1.83. The van der Waals surface area contributed by atoms with Crippen LogP contribution in [-0.2, 0) is 13.1 Å². The van der Waals surface area contributed by atoms with Crippen LogP contribution in [0.4, 0.5) is 0 Å². The summed E-state index contributed by atoms with van der Waals surface area (Å²) < 4.78 is 10.8. The van der Waals surface area contributed by atoms with Gasteiger partial charge >= 0.3 is 0 Å². The predicted octanol–water partition coefficient (Wildman–Crippen LogP) is 3.70. The normalized spacial score (nSPS) is 10.3. The van der Waals surface area contributed by atoms with Gasteiger partial charge in [0.05, 0.1) is 13.3 Å². The number of H-pyrrole nitrogens is 1. The van der Waals surface area contributed by atoms with Crippen molar-refractivity contribution in [3.63, 3.8) is 0 Å². The van der Waals surface area contributed by atoms with Crippen molar-refractivity contribution in [2.75, 3.05) is 7.11 Å². The molecular weight excluding hydrogens is 314 g/mol. The fourth-order valence-corrected chi connectivity index (χ4v) is 2.31. The molecule has 0 aliphatic rings. The largest absolute Gasteiger partial charge is 0.497 e. The molecule has 0 spiro atoms. The second kappa shape index (κ2) is 7.85. The molecule has 0 fully saturated rings. The first-order chi connectivity index (χ1) is 10.8. The summed E-state index contributed by atoms with van der Waals surface area (Å²) in [7, 11) is 1.67. The second-order valence-electron chi connectivity index (χ2n) is 5.13. The number of benzene rings is 1. The Morgan fingerprint density at radius 2 is 1.91 bits per heavy atom. The van der Waals surface area contributed by atoms with Gasteiger partial charge in [-0.25, -0.2) is 0 Å². The molecule has 0 aliphatic carbocycles. The van der Waals surface area contributed by atoms with Crippen molar-refractivity contribution < 1.29 is 9.15 Å². The molecule has 122 valence electrons. The molecule has 3 rings (SSSR count). The molecular formula is C17H20ClN3O2. The quantitative estimate of drug-likeness (QED) is 0.722. The van der Waals surface area contributed by atoms with Crippen molar-refractivity contribution in [2.45, 2.75) is 20.0 Å². The molecule has 0 saturated heterocycles. The van der Waals surface area contributed by atoms with Gasteiger partial charge in [-0.15, -0.1) is 12.4 Å². The van der Waals surface area contributed by atoms with E-state index in [1.54, 1.807) is 7.11 Å². The number of ether oxygens (including phenoxy) is 1. The Bertz CT molecular complexity index is 734. The first-order valence-electron chi connectivity index (χ1n) is 7.19. The van der Waals surface area contributed by atoms with E-state index in [9.17, 15) is 0 Å². The molecule has 5 nitrogen and oxygen atoms in total. The van der Waals surface area contributed by atoms with Crippen LogP contribution in [0.5, 0.6) is 5.75 Å². The Morgan fingerprint density at radius 3 is 2.57 bits per heavy atom. The molecule has 2 aromatic heterocycles. The topological polar surface area (TPSA) is 63.1 Å². The smallest absolute Gasteiger partial charge is 0.152 e. The number of methoxy groups -OCH3 is 1. The van der Waals surface area contributed by atoms with Crippen LogP contribution in [0.2, 0.25) is 0 Å². The molecule has 0 bridgehead atoms. The summed E-state index contributed by atoms with van der Waals surface area (Å²) in [6, 6.07) is 11.9. The average molecular weight is 334 g/mol. The van der Waals surface area contributed by atoms with Crippen LogP contribution in [0, 0.1) is 6.92 Å². The number of aromatic nitrogens is 2. The monoisotopic (exact) mass is 333 g/mol. The van der Waals surface area contributed by atoms with E-state index >= 15 is 0 Å². The molecule has 23 heavy (non-hydrogen) atoms. The lowest BCUT2D eigenvalue weighted by Gasteiger charge is -2.06. The third-order valence-electron chi connectivity index (χ3n) is 3.51. The Kier molecular flexibility index (Phi) is 5.84. The highest BCUT2D eigenvalue weighted by molar-refractivity contribution is 5.85. The predicted molar refractivity (Wildman–Crippen MR) is 91.8 cm³/mol. The van der Waals surface area contributed by atoms with Crippen LogP contribution in [-0.4, -0.2) is 17.3 Å². The van der Waals surface area contributed by atoms with Crippen LogP contribution in [0.25, 0.3) is 11.5 Å². The number of halogens is 1. The van der Waals surface area contributed by atoms with Gasteiger partial charge in [-0.3, -0.25) is 5.10 Å². The van der Waals surface area contributed by atoms with Gasteiger partial charge in [0.1, 0.15) is 17.2 Å². The number of aromatic amines is 1. The van der Waals surface area contributed by atoms with E-state index in [2.05, 4.69) is 27.6 Å². The summed E-state index contributed by atoms with van der Waals surface area (Å²) in [5.74, 6) is 2.58. The second-order valence-corrected chi connectivity index (χ2v) is 5.13. The Hall–Kier alpha value is -2.24. The van der Waals surface area contributed by atoms with Crippen molar-refractivity contribution >= 4 is 12.4 Å². The molecule has 0 unspecified atom stereocenters. The first-order valence-corrected chi connectivity index (χ1v) is 7.19. The number of aryl methyl sites for hydroxylation is 1. The molecule has 3 aromatic rings. The van der Waals surface area contributed by atoms with Gasteiger partial charge in [-0.05, 0) is 36.8 Å². The highest BCUT2D eigenvalue weighted by atomic mass is 35.5. The number of hydrogen-bond donors (Lipinski definition) is 2. The fraction of sp³-hybridized carbons (Fsp3) is 0.235. The van der Waals surface area contributed by atoms with Crippen molar-refractivity contribution in [1.82, 2.24) is 15.5 Å². The van der Waals surface area contributed by atoms with Gasteiger partial charge in [0, 0.05) is 18.7 Å². The van der Waals surface area contributed by atoms with Crippen LogP contribution in [0.1, 0.15) is 16.9 Å². The minimum atomic E-state index is 0. The average Bonchev–Trinajstić information content (AvgIpc) is 3.16. The standard InChI is InChI=1S/C17H19N3O2.ClH/c1-12-3-8-16(22-12)17-14(11-19-20-17)10-18-9-13-4-6-15(21-2)7-5-13;/h3-8,11,18H,9-10H2,1-2H3,(H,19,20);1H. The summed E-state index contributed by atoms with van der Waals surface area (Å²) in [5.41, 5.74) is 3.22. The number of furan rings is 1. The minimum absolute atomic E-state index is 0. The number of nitrogens with one attached hydrogen (secondary N) is 2. The van der Waals surface area contributed by atoms with Crippen LogP contribution >= 0.6 is 12.4 Å². The number of rotatable bonds is 6. The SMILES string of the molecule is COc1ccc(CNCc2cn[nH]c2-c2ccc(C)o2)cc1.Cl. The lowest BCUT2D eigenvalue weighted by molar-refractivity contribution is 0.414. The molecule has 2 heterocycles. The molecule has 0 atom stereocenters. The summed E-state index contributed by atoms with van der Waals surface area (Å²) >= 11 is 0. The van der Waals surface area contributed by atoms with E-state index in [0.717, 1.165) is 41.6 Å². The summed E-state index contributed by atoms with van der Waals surface area (Å²) in [4.78, 5) is 0. The molecule has 1 aromatic carbocycles. The minimum Gasteiger partial charge on any atom is -0.497 e. The number of hydrogen-bond acceptors (Lipinski definition) is 4. The van der Waals surface area contributed by atoms with Gasteiger partial charge in [-0.2, -0.15) is 5.10 Å². The van der Waals surface area contributed by atoms with Crippen LogP contribution in [0.3, 0.4) is 0 Å². The van der Waals surface area contributed by atoms with Crippen molar-refractivity contribution in [3.8, 4) is 17.2 Å². The third kappa shape index (κ3) is 4.15.